The fourth-order valence-corrected chi connectivity index (χ4v) is 5.10. The van der Waals surface area contributed by atoms with Gasteiger partial charge in [-0.25, -0.2) is 0 Å². The third kappa shape index (κ3) is 3.84. The summed E-state index contributed by atoms with van der Waals surface area (Å²) in [4.78, 5) is 29.6. The van der Waals surface area contributed by atoms with E-state index in [4.69, 9.17) is 9.47 Å². The Morgan fingerprint density at radius 3 is 2.38 bits per heavy atom. The van der Waals surface area contributed by atoms with Gasteiger partial charge in [0.2, 0.25) is 5.91 Å². The first-order chi connectivity index (χ1) is 15.5. The topological polar surface area (TPSA) is 67.9 Å². The van der Waals surface area contributed by atoms with Gasteiger partial charge in [0.25, 0.3) is 5.91 Å². The average molecular weight is 451 g/mol. The van der Waals surface area contributed by atoms with E-state index in [9.17, 15) is 9.59 Å². The van der Waals surface area contributed by atoms with E-state index < -0.39 is 12.0 Å². The van der Waals surface area contributed by atoms with E-state index in [1.165, 1.54) is 24.0 Å². The fraction of sp³-hybridized carbons (Fsp3) is 0.280. The van der Waals surface area contributed by atoms with Crippen molar-refractivity contribution in [1.29, 1.82) is 0 Å². The van der Waals surface area contributed by atoms with Crippen molar-refractivity contribution >= 4 is 28.8 Å². The van der Waals surface area contributed by atoms with Crippen molar-refractivity contribution in [3.63, 3.8) is 0 Å². The number of hydrogen-bond acceptors (Lipinski definition) is 5. The van der Waals surface area contributed by atoms with Crippen molar-refractivity contribution < 1.29 is 19.1 Å². The van der Waals surface area contributed by atoms with Gasteiger partial charge in [-0.15, -0.1) is 11.3 Å². The number of nitrogens with zero attached hydrogens (tertiary/aromatic N) is 1. The van der Waals surface area contributed by atoms with Crippen LogP contribution in [0.2, 0.25) is 0 Å². The Hall–Kier alpha value is -3.32. The molecule has 0 spiro atoms. The van der Waals surface area contributed by atoms with Crippen molar-refractivity contribution in [1.82, 2.24) is 4.90 Å². The summed E-state index contributed by atoms with van der Waals surface area (Å²) in [5.41, 5.74) is 3.00. The Bertz CT molecular complexity index is 1130. The molecule has 0 saturated heterocycles. The smallest absolute Gasteiger partial charge is 0.254 e. The predicted molar refractivity (Wildman–Crippen MR) is 126 cm³/mol. The van der Waals surface area contributed by atoms with Crippen LogP contribution in [0.5, 0.6) is 11.5 Å². The molecule has 2 amide bonds. The number of likely N-dealkylation sites (N-methyl/N-ethyl adjacent to an activating group) is 1. The number of thiophene rings is 1. The second-order valence-corrected chi connectivity index (χ2v) is 8.67. The maximum absolute atomic E-state index is 13.7. The maximum atomic E-state index is 13.7. The molecule has 2 aromatic carbocycles. The molecule has 32 heavy (non-hydrogen) atoms. The number of carbonyl (C=O) groups excluding carboxylic acids is 2. The number of rotatable bonds is 6. The molecule has 0 fully saturated rings. The van der Waals surface area contributed by atoms with Gasteiger partial charge in [0.15, 0.2) is 11.5 Å². The SMILES string of the molecule is CCc1ccc(NC(=O)[C@@H]2c3cc(OC)c(OC)cc3C(=O)N(C)[C@@H]2c2cccs2)cc1. The van der Waals surface area contributed by atoms with E-state index in [0.29, 0.717) is 22.6 Å². The highest BCUT2D eigenvalue weighted by Crippen LogP contribution is 2.46. The highest BCUT2D eigenvalue weighted by molar-refractivity contribution is 7.10. The number of benzene rings is 2. The van der Waals surface area contributed by atoms with Crippen LogP contribution in [0.1, 0.15) is 45.2 Å². The van der Waals surface area contributed by atoms with Gasteiger partial charge in [-0.05, 0) is 53.3 Å². The molecule has 0 bridgehead atoms. The van der Waals surface area contributed by atoms with Gasteiger partial charge >= 0.3 is 0 Å². The van der Waals surface area contributed by atoms with Crippen LogP contribution in [-0.2, 0) is 11.2 Å². The quantitative estimate of drug-likeness (QED) is 0.581. The Morgan fingerprint density at radius 2 is 1.78 bits per heavy atom. The standard InChI is InChI=1S/C25H26N2O4S/c1-5-15-8-10-16(11-9-15)26-24(28)22-17-13-19(30-3)20(31-4)14-18(17)25(29)27(2)23(22)21-7-6-12-32-21/h6-14,22-23H,5H2,1-4H3,(H,26,28)/t22-,23-/m1/s1. The monoisotopic (exact) mass is 450 g/mol. The largest absolute Gasteiger partial charge is 0.493 e. The van der Waals surface area contributed by atoms with Gasteiger partial charge in [0.05, 0.1) is 26.2 Å². The van der Waals surface area contributed by atoms with Crippen LogP contribution >= 0.6 is 11.3 Å². The lowest BCUT2D eigenvalue weighted by molar-refractivity contribution is -0.119. The highest BCUT2D eigenvalue weighted by atomic mass is 32.1. The zero-order valence-corrected chi connectivity index (χ0v) is 19.4. The van der Waals surface area contributed by atoms with Crippen molar-refractivity contribution in [3.8, 4) is 11.5 Å². The Labute approximate surface area is 191 Å². The van der Waals surface area contributed by atoms with Crippen LogP contribution in [0.15, 0.2) is 53.9 Å². The van der Waals surface area contributed by atoms with Crippen LogP contribution in [0.3, 0.4) is 0 Å². The van der Waals surface area contributed by atoms with Crippen LogP contribution in [-0.4, -0.2) is 38.0 Å². The zero-order chi connectivity index (χ0) is 22.8. The first-order valence-corrected chi connectivity index (χ1v) is 11.3. The molecule has 6 nitrogen and oxygen atoms in total. The Balaban J connectivity index is 1.82. The van der Waals surface area contributed by atoms with Gasteiger partial charge in [0.1, 0.15) is 0 Å². The summed E-state index contributed by atoms with van der Waals surface area (Å²) in [5.74, 6) is -0.0105. The van der Waals surface area contributed by atoms with E-state index in [2.05, 4.69) is 12.2 Å². The summed E-state index contributed by atoms with van der Waals surface area (Å²) in [7, 11) is 4.81. The molecule has 0 saturated carbocycles. The van der Waals surface area contributed by atoms with Gasteiger partial charge in [0, 0.05) is 23.2 Å². The number of hydrogen-bond donors (Lipinski definition) is 1. The molecule has 4 rings (SSSR count). The van der Waals surface area contributed by atoms with E-state index in [1.807, 2.05) is 41.8 Å². The summed E-state index contributed by atoms with van der Waals surface area (Å²) in [5, 5.41) is 5.01. The number of fused-ring (bicyclic) bond motifs is 1. The first-order valence-electron chi connectivity index (χ1n) is 10.4. The molecule has 166 valence electrons. The number of ether oxygens (including phenoxy) is 2. The van der Waals surface area contributed by atoms with Gasteiger partial charge in [-0.1, -0.05) is 25.1 Å². The third-order valence-corrected chi connectivity index (χ3v) is 6.86. The molecule has 3 aromatic rings. The van der Waals surface area contributed by atoms with Gasteiger partial charge < -0.3 is 19.7 Å². The number of carbonyl (C=O) groups is 2. The van der Waals surface area contributed by atoms with E-state index in [1.54, 1.807) is 31.2 Å². The second kappa shape index (κ2) is 9.04. The van der Waals surface area contributed by atoms with Crippen LogP contribution in [0.4, 0.5) is 5.69 Å². The lowest BCUT2D eigenvalue weighted by atomic mass is 9.81. The van der Waals surface area contributed by atoms with Crippen LogP contribution < -0.4 is 14.8 Å². The molecule has 1 aliphatic rings. The summed E-state index contributed by atoms with van der Waals surface area (Å²) < 4.78 is 10.9. The molecule has 1 aliphatic heterocycles. The lowest BCUT2D eigenvalue weighted by Gasteiger charge is -2.39. The molecule has 7 heteroatoms. The molecule has 1 N–H and O–H groups in total. The maximum Gasteiger partial charge on any atom is 0.254 e. The number of nitrogens with one attached hydrogen (secondary N) is 1. The number of anilines is 1. The molecule has 2 heterocycles. The minimum Gasteiger partial charge on any atom is -0.493 e. The fourth-order valence-electron chi connectivity index (χ4n) is 4.19. The number of methoxy groups -OCH3 is 2. The van der Waals surface area contributed by atoms with Crippen LogP contribution in [0, 0.1) is 0 Å². The minimum atomic E-state index is -0.614. The van der Waals surface area contributed by atoms with Gasteiger partial charge in [-0.2, -0.15) is 0 Å². The molecular formula is C25H26N2O4S. The summed E-state index contributed by atoms with van der Waals surface area (Å²) in [6, 6.07) is 14.7. The van der Waals surface area contributed by atoms with Crippen molar-refractivity contribution in [2.75, 3.05) is 26.6 Å². The van der Waals surface area contributed by atoms with Crippen molar-refractivity contribution in [2.45, 2.75) is 25.3 Å². The summed E-state index contributed by atoms with van der Waals surface area (Å²) in [6.45, 7) is 2.09. The molecule has 1 aromatic heterocycles. The summed E-state index contributed by atoms with van der Waals surface area (Å²) in [6.07, 6.45) is 0.930. The number of amides is 2. The average Bonchev–Trinajstić information content (AvgIpc) is 3.35. The molecule has 2 atom stereocenters. The molecule has 0 radical (unpaired) electrons. The third-order valence-electron chi connectivity index (χ3n) is 5.92. The predicted octanol–water partition coefficient (Wildman–Crippen LogP) is 4.88. The van der Waals surface area contributed by atoms with Crippen molar-refractivity contribution in [3.05, 3.63) is 75.5 Å². The normalized spacial score (nSPS) is 17.6. The minimum absolute atomic E-state index is 0.157. The van der Waals surface area contributed by atoms with Crippen LogP contribution in [0.25, 0.3) is 0 Å². The second-order valence-electron chi connectivity index (χ2n) is 7.69. The van der Waals surface area contributed by atoms with Gasteiger partial charge in [-0.3, -0.25) is 9.59 Å². The Kier molecular flexibility index (Phi) is 6.19. The Morgan fingerprint density at radius 1 is 1.09 bits per heavy atom. The van der Waals surface area contributed by atoms with Crippen molar-refractivity contribution in [2.24, 2.45) is 0 Å². The highest BCUT2D eigenvalue weighted by Gasteiger charge is 2.44. The molecular weight excluding hydrogens is 424 g/mol. The van der Waals surface area contributed by atoms with E-state index >= 15 is 0 Å². The molecule has 0 aliphatic carbocycles. The first kappa shape index (κ1) is 21.9. The number of aryl methyl sites for hydroxylation is 1. The summed E-state index contributed by atoms with van der Waals surface area (Å²) >= 11 is 1.53. The van der Waals surface area contributed by atoms with E-state index in [-0.39, 0.29) is 11.8 Å². The lowest BCUT2D eigenvalue weighted by Crippen LogP contribution is -2.43. The van der Waals surface area contributed by atoms with E-state index in [0.717, 1.165) is 17.0 Å². The zero-order valence-electron chi connectivity index (χ0n) is 18.5. The molecule has 0 unspecified atom stereocenters.